The van der Waals surface area contributed by atoms with Crippen LogP contribution in [0.3, 0.4) is 0 Å². The molecule has 0 fully saturated rings. The molecule has 0 aliphatic heterocycles. The summed E-state index contributed by atoms with van der Waals surface area (Å²) in [4.78, 5) is 0. The van der Waals surface area contributed by atoms with Crippen molar-refractivity contribution in [1.29, 1.82) is 0 Å². The van der Waals surface area contributed by atoms with Crippen molar-refractivity contribution < 1.29 is 9.47 Å². The first-order valence-corrected chi connectivity index (χ1v) is 6.90. The van der Waals surface area contributed by atoms with Gasteiger partial charge in [0.25, 0.3) is 0 Å². The smallest absolute Gasteiger partial charge is 0.161 e. The zero-order valence-corrected chi connectivity index (χ0v) is 12.2. The van der Waals surface area contributed by atoms with Crippen molar-refractivity contribution in [2.75, 3.05) is 13.7 Å². The summed E-state index contributed by atoms with van der Waals surface area (Å²) in [5, 5.41) is 10.6. The topological polar surface area (TPSA) is 60.0 Å². The van der Waals surface area contributed by atoms with Crippen molar-refractivity contribution in [3.8, 4) is 11.5 Å². The van der Waals surface area contributed by atoms with Crippen LogP contribution in [0.1, 0.15) is 37.4 Å². The molecule has 1 unspecified atom stereocenters. The van der Waals surface area contributed by atoms with E-state index in [1.165, 1.54) is 5.56 Å². The highest BCUT2D eigenvalue weighted by molar-refractivity contribution is 5.44. The lowest BCUT2D eigenvalue weighted by Crippen LogP contribution is -2.02. The van der Waals surface area contributed by atoms with Gasteiger partial charge in [0.1, 0.15) is 0 Å². The summed E-state index contributed by atoms with van der Waals surface area (Å²) < 4.78 is 11.1. The van der Waals surface area contributed by atoms with Crippen molar-refractivity contribution >= 4 is 0 Å². The van der Waals surface area contributed by atoms with Gasteiger partial charge in [0.05, 0.1) is 25.6 Å². The number of H-pyrrole nitrogens is 1. The van der Waals surface area contributed by atoms with Crippen molar-refractivity contribution in [3.63, 3.8) is 0 Å². The predicted molar refractivity (Wildman–Crippen MR) is 77.3 cm³/mol. The molecule has 0 saturated heterocycles. The number of aromatic nitrogens is 3. The molecule has 5 nitrogen and oxygen atoms in total. The van der Waals surface area contributed by atoms with Crippen LogP contribution < -0.4 is 9.47 Å². The van der Waals surface area contributed by atoms with Crippen molar-refractivity contribution in [1.82, 2.24) is 15.4 Å². The summed E-state index contributed by atoms with van der Waals surface area (Å²) in [6.07, 6.45) is 3.58. The van der Waals surface area contributed by atoms with E-state index >= 15 is 0 Å². The molecular weight excluding hydrogens is 254 g/mol. The van der Waals surface area contributed by atoms with E-state index in [0.29, 0.717) is 12.5 Å². The Kier molecular flexibility index (Phi) is 4.98. The summed E-state index contributed by atoms with van der Waals surface area (Å²) in [7, 11) is 1.67. The van der Waals surface area contributed by atoms with Gasteiger partial charge in [0.2, 0.25) is 0 Å². The average molecular weight is 275 g/mol. The Morgan fingerprint density at radius 3 is 2.80 bits per heavy atom. The third-order valence-electron chi connectivity index (χ3n) is 3.20. The average Bonchev–Trinajstić information content (AvgIpc) is 2.97. The molecule has 1 aromatic carbocycles. The summed E-state index contributed by atoms with van der Waals surface area (Å²) in [5.41, 5.74) is 2.16. The van der Waals surface area contributed by atoms with Gasteiger partial charge in [-0.1, -0.05) is 19.9 Å². The van der Waals surface area contributed by atoms with Gasteiger partial charge in [-0.3, -0.25) is 0 Å². The zero-order chi connectivity index (χ0) is 14.4. The molecule has 2 aromatic rings. The van der Waals surface area contributed by atoms with Gasteiger partial charge in [0.15, 0.2) is 11.5 Å². The first-order chi connectivity index (χ1) is 9.74. The Morgan fingerprint density at radius 1 is 1.30 bits per heavy atom. The highest BCUT2D eigenvalue weighted by atomic mass is 16.5. The van der Waals surface area contributed by atoms with Gasteiger partial charge in [-0.2, -0.15) is 15.4 Å². The molecule has 20 heavy (non-hydrogen) atoms. The number of nitrogens with zero attached hydrogens (tertiary/aromatic N) is 2. The van der Waals surface area contributed by atoms with Gasteiger partial charge in [-0.25, -0.2) is 0 Å². The van der Waals surface area contributed by atoms with Crippen molar-refractivity contribution in [2.24, 2.45) is 0 Å². The number of hydrogen-bond acceptors (Lipinski definition) is 4. The summed E-state index contributed by atoms with van der Waals surface area (Å²) in [5.74, 6) is 1.92. The van der Waals surface area contributed by atoms with Crippen LogP contribution in [0.5, 0.6) is 11.5 Å². The number of nitrogens with one attached hydrogen (secondary N) is 1. The van der Waals surface area contributed by atoms with E-state index in [9.17, 15) is 0 Å². The number of methoxy groups -OCH3 is 1. The lowest BCUT2D eigenvalue weighted by molar-refractivity contribution is 0.294. The molecule has 1 aromatic heterocycles. The van der Waals surface area contributed by atoms with Crippen molar-refractivity contribution in [2.45, 2.75) is 32.6 Å². The van der Waals surface area contributed by atoms with Gasteiger partial charge in [0, 0.05) is 0 Å². The van der Waals surface area contributed by atoms with Crippen LogP contribution in [0.25, 0.3) is 0 Å². The second-order valence-corrected chi connectivity index (χ2v) is 4.83. The second kappa shape index (κ2) is 6.93. The van der Waals surface area contributed by atoms with E-state index in [1.807, 2.05) is 12.1 Å². The maximum Gasteiger partial charge on any atom is 0.161 e. The minimum Gasteiger partial charge on any atom is -0.493 e. The van der Waals surface area contributed by atoms with E-state index in [4.69, 9.17) is 9.47 Å². The zero-order valence-electron chi connectivity index (χ0n) is 12.2. The van der Waals surface area contributed by atoms with E-state index < -0.39 is 0 Å². The van der Waals surface area contributed by atoms with Gasteiger partial charge >= 0.3 is 0 Å². The van der Waals surface area contributed by atoms with E-state index in [2.05, 4.69) is 35.3 Å². The van der Waals surface area contributed by atoms with Crippen LogP contribution in [0.4, 0.5) is 0 Å². The SMILES string of the molecule is CCCOc1ccc(C(C)Cc2cn[nH]n2)cc1OC. The van der Waals surface area contributed by atoms with Crippen LogP contribution in [0, 0.1) is 0 Å². The molecule has 0 aliphatic rings. The Labute approximate surface area is 119 Å². The third kappa shape index (κ3) is 3.50. The number of aromatic amines is 1. The lowest BCUT2D eigenvalue weighted by Gasteiger charge is -2.15. The molecule has 2 rings (SSSR count). The second-order valence-electron chi connectivity index (χ2n) is 4.83. The first-order valence-electron chi connectivity index (χ1n) is 6.90. The quantitative estimate of drug-likeness (QED) is 0.844. The highest BCUT2D eigenvalue weighted by Crippen LogP contribution is 2.31. The van der Waals surface area contributed by atoms with Crippen LogP contribution in [0.2, 0.25) is 0 Å². The number of hydrogen-bond donors (Lipinski definition) is 1. The number of benzene rings is 1. The minimum absolute atomic E-state index is 0.342. The molecule has 5 heteroatoms. The molecule has 108 valence electrons. The maximum atomic E-state index is 5.67. The minimum atomic E-state index is 0.342. The van der Waals surface area contributed by atoms with Crippen LogP contribution in [0.15, 0.2) is 24.4 Å². The largest absolute Gasteiger partial charge is 0.493 e. The Bertz CT molecular complexity index is 526. The fourth-order valence-electron chi connectivity index (χ4n) is 2.08. The summed E-state index contributed by atoms with van der Waals surface area (Å²) in [6.45, 7) is 4.95. The first kappa shape index (κ1) is 14.4. The molecule has 1 atom stereocenters. The molecule has 1 heterocycles. The molecule has 1 N–H and O–H groups in total. The highest BCUT2D eigenvalue weighted by Gasteiger charge is 2.12. The van der Waals surface area contributed by atoms with Crippen LogP contribution in [-0.4, -0.2) is 29.1 Å². The van der Waals surface area contributed by atoms with Crippen LogP contribution >= 0.6 is 0 Å². The lowest BCUT2D eigenvalue weighted by atomic mass is 9.96. The van der Waals surface area contributed by atoms with E-state index in [-0.39, 0.29) is 0 Å². The molecule has 0 spiro atoms. The third-order valence-corrected chi connectivity index (χ3v) is 3.20. The fraction of sp³-hybridized carbons (Fsp3) is 0.467. The van der Waals surface area contributed by atoms with Crippen LogP contribution in [-0.2, 0) is 6.42 Å². The number of rotatable bonds is 7. The molecule has 0 bridgehead atoms. The molecular formula is C15H21N3O2. The normalized spacial score (nSPS) is 12.2. The summed E-state index contributed by atoms with van der Waals surface area (Å²) in [6, 6.07) is 6.09. The fourth-order valence-corrected chi connectivity index (χ4v) is 2.08. The van der Waals surface area contributed by atoms with Gasteiger partial charge in [-0.05, 0) is 36.5 Å². The molecule has 0 amide bonds. The van der Waals surface area contributed by atoms with Gasteiger partial charge in [-0.15, -0.1) is 0 Å². The van der Waals surface area contributed by atoms with Crippen molar-refractivity contribution in [3.05, 3.63) is 35.7 Å². The predicted octanol–water partition coefficient (Wildman–Crippen LogP) is 2.95. The monoisotopic (exact) mass is 275 g/mol. The maximum absolute atomic E-state index is 5.67. The Hall–Kier alpha value is -2.04. The molecule has 0 saturated carbocycles. The van der Waals surface area contributed by atoms with E-state index in [0.717, 1.165) is 30.0 Å². The van der Waals surface area contributed by atoms with E-state index in [1.54, 1.807) is 13.3 Å². The summed E-state index contributed by atoms with van der Waals surface area (Å²) >= 11 is 0. The number of ether oxygens (including phenoxy) is 2. The Balaban J connectivity index is 2.11. The molecule has 0 radical (unpaired) electrons. The standard InChI is InChI=1S/C15H21N3O2/c1-4-7-20-14-6-5-12(9-15(14)19-3)11(2)8-13-10-16-18-17-13/h5-6,9-11H,4,7-8H2,1-3H3,(H,16,17,18). The Morgan fingerprint density at radius 2 is 2.15 bits per heavy atom. The van der Waals surface area contributed by atoms with Gasteiger partial charge < -0.3 is 9.47 Å². The molecule has 0 aliphatic carbocycles.